The number of rotatable bonds is 7. The molecule has 0 aliphatic heterocycles. The Bertz CT molecular complexity index is 577. The van der Waals surface area contributed by atoms with Gasteiger partial charge >= 0.3 is 0 Å². The van der Waals surface area contributed by atoms with Gasteiger partial charge < -0.3 is 14.6 Å². The van der Waals surface area contributed by atoms with Crippen molar-refractivity contribution < 1.29 is 4.74 Å². The van der Waals surface area contributed by atoms with Gasteiger partial charge in [0.2, 0.25) is 0 Å². The first kappa shape index (κ1) is 15.6. The molecule has 1 heterocycles. The first-order valence-corrected chi connectivity index (χ1v) is 7.62. The number of imidazole rings is 1. The topological polar surface area (TPSA) is 39.1 Å². The molecular weight excluding hydrogens is 262 g/mol. The molecule has 0 amide bonds. The van der Waals surface area contributed by atoms with Crippen LogP contribution in [0.5, 0.6) is 5.75 Å². The Morgan fingerprint density at radius 3 is 2.76 bits per heavy atom. The summed E-state index contributed by atoms with van der Waals surface area (Å²) in [6, 6.07) is 6.79. The molecule has 0 spiro atoms. The molecule has 1 aromatic heterocycles. The highest BCUT2D eigenvalue weighted by Crippen LogP contribution is 2.25. The van der Waals surface area contributed by atoms with Gasteiger partial charge in [-0.1, -0.05) is 13.0 Å². The van der Waals surface area contributed by atoms with Crippen LogP contribution < -0.4 is 10.1 Å². The third-order valence-electron chi connectivity index (χ3n) is 3.66. The predicted molar refractivity (Wildman–Crippen MR) is 85.8 cm³/mol. The second kappa shape index (κ2) is 7.27. The Kier molecular flexibility index (Phi) is 5.39. The van der Waals surface area contributed by atoms with E-state index in [1.165, 1.54) is 11.1 Å². The maximum absolute atomic E-state index is 5.77. The van der Waals surface area contributed by atoms with Gasteiger partial charge in [0, 0.05) is 24.0 Å². The Hall–Kier alpha value is -1.81. The van der Waals surface area contributed by atoms with E-state index in [0.717, 1.165) is 24.7 Å². The van der Waals surface area contributed by atoms with Gasteiger partial charge in [-0.05, 0) is 45.0 Å². The summed E-state index contributed by atoms with van der Waals surface area (Å²) in [7, 11) is 0. The Balaban J connectivity index is 2.30. The van der Waals surface area contributed by atoms with Crippen molar-refractivity contribution in [3.63, 3.8) is 0 Å². The lowest BCUT2D eigenvalue weighted by atomic mass is 10.0. The number of hydrogen-bond acceptors (Lipinski definition) is 3. The van der Waals surface area contributed by atoms with Crippen molar-refractivity contribution in [3.8, 4) is 5.75 Å². The lowest BCUT2D eigenvalue weighted by molar-refractivity contribution is 0.335. The molecule has 1 unspecified atom stereocenters. The Morgan fingerprint density at radius 2 is 2.14 bits per heavy atom. The van der Waals surface area contributed by atoms with Crippen LogP contribution in [0.1, 0.15) is 43.8 Å². The number of hydrogen-bond donors (Lipinski definition) is 1. The van der Waals surface area contributed by atoms with Crippen molar-refractivity contribution in [2.24, 2.45) is 0 Å². The molecule has 1 atom stereocenters. The summed E-state index contributed by atoms with van der Waals surface area (Å²) in [6.07, 6.45) is 3.84. The summed E-state index contributed by atoms with van der Waals surface area (Å²) in [6.45, 7) is 10.8. The molecule has 114 valence electrons. The van der Waals surface area contributed by atoms with E-state index in [-0.39, 0.29) is 0 Å². The zero-order valence-corrected chi connectivity index (χ0v) is 13.4. The van der Waals surface area contributed by atoms with Crippen molar-refractivity contribution in [3.05, 3.63) is 47.5 Å². The molecule has 21 heavy (non-hydrogen) atoms. The largest absolute Gasteiger partial charge is 0.494 e. The number of ether oxygens (including phenoxy) is 1. The zero-order chi connectivity index (χ0) is 15.2. The molecule has 4 heteroatoms. The molecule has 1 aromatic carbocycles. The minimum Gasteiger partial charge on any atom is -0.494 e. The van der Waals surface area contributed by atoms with Gasteiger partial charge in [-0.2, -0.15) is 0 Å². The monoisotopic (exact) mass is 287 g/mol. The van der Waals surface area contributed by atoms with Crippen molar-refractivity contribution in [1.29, 1.82) is 0 Å². The fourth-order valence-electron chi connectivity index (χ4n) is 2.47. The zero-order valence-electron chi connectivity index (χ0n) is 13.4. The molecule has 2 aromatic rings. The number of aromatic nitrogens is 2. The van der Waals surface area contributed by atoms with Crippen LogP contribution >= 0.6 is 0 Å². The van der Waals surface area contributed by atoms with Gasteiger partial charge in [-0.15, -0.1) is 0 Å². The molecule has 2 rings (SSSR count). The fraction of sp³-hybridized carbons (Fsp3) is 0.471. The van der Waals surface area contributed by atoms with Gasteiger partial charge in [-0.3, -0.25) is 0 Å². The standard InChI is InChI=1S/C17H25N3O/c1-5-18-13(3)15-7-8-17(21-6-2)16(11-15)12-20-10-9-19-14(20)4/h7-11,13,18H,5-6,12H2,1-4H3. The van der Waals surface area contributed by atoms with Crippen LogP contribution in [0.3, 0.4) is 0 Å². The summed E-state index contributed by atoms with van der Waals surface area (Å²) < 4.78 is 7.90. The van der Waals surface area contributed by atoms with E-state index in [9.17, 15) is 0 Å². The minimum atomic E-state index is 0.341. The smallest absolute Gasteiger partial charge is 0.124 e. The average molecular weight is 287 g/mol. The Morgan fingerprint density at radius 1 is 1.33 bits per heavy atom. The molecule has 0 fully saturated rings. The third-order valence-corrected chi connectivity index (χ3v) is 3.66. The molecule has 0 aliphatic rings. The molecular formula is C17H25N3O. The van der Waals surface area contributed by atoms with Crippen LogP contribution in [0.2, 0.25) is 0 Å². The highest BCUT2D eigenvalue weighted by Gasteiger charge is 2.10. The highest BCUT2D eigenvalue weighted by atomic mass is 16.5. The van der Waals surface area contributed by atoms with Crippen LogP contribution in [0, 0.1) is 6.92 Å². The number of aryl methyl sites for hydroxylation is 1. The van der Waals surface area contributed by atoms with Crippen LogP contribution in [0.25, 0.3) is 0 Å². The molecule has 0 radical (unpaired) electrons. The van der Waals surface area contributed by atoms with Gasteiger partial charge in [0.15, 0.2) is 0 Å². The van der Waals surface area contributed by atoms with Crippen molar-refractivity contribution in [2.75, 3.05) is 13.2 Å². The normalized spacial score (nSPS) is 12.4. The van der Waals surface area contributed by atoms with Gasteiger partial charge in [0.05, 0.1) is 13.2 Å². The summed E-state index contributed by atoms with van der Waals surface area (Å²) in [5.41, 5.74) is 2.48. The van der Waals surface area contributed by atoms with E-state index in [2.05, 4.69) is 46.9 Å². The quantitative estimate of drug-likeness (QED) is 0.849. The average Bonchev–Trinajstić information content (AvgIpc) is 2.86. The van der Waals surface area contributed by atoms with Crippen LogP contribution in [-0.4, -0.2) is 22.7 Å². The van der Waals surface area contributed by atoms with Crippen LogP contribution in [0.15, 0.2) is 30.6 Å². The summed E-state index contributed by atoms with van der Waals surface area (Å²) >= 11 is 0. The van der Waals surface area contributed by atoms with Crippen LogP contribution in [0.4, 0.5) is 0 Å². The number of nitrogens with zero attached hydrogens (tertiary/aromatic N) is 2. The van der Waals surface area contributed by atoms with Crippen LogP contribution in [-0.2, 0) is 6.54 Å². The lowest BCUT2D eigenvalue weighted by Gasteiger charge is -2.17. The van der Waals surface area contributed by atoms with E-state index in [1.54, 1.807) is 0 Å². The first-order chi connectivity index (χ1) is 10.2. The van der Waals surface area contributed by atoms with E-state index < -0.39 is 0 Å². The van der Waals surface area contributed by atoms with E-state index in [0.29, 0.717) is 12.6 Å². The van der Waals surface area contributed by atoms with Gasteiger partial charge in [0.1, 0.15) is 11.6 Å². The second-order valence-electron chi connectivity index (χ2n) is 5.18. The lowest BCUT2D eigenvalue weighted by Crippen LogP contribution is -2.18. The first-order valence-electron chi connectivity index (χ1n) is 7.62. The maximum Gasteiger partial charge on any atom is 0.124 e. The van der Waals surface area contributed by atoms with Crippen molar-refractivity contribution in [2.45, 2.75) is 40.3 Å². The van der Waals surface area contributed by atoms with E-state index in [1.807, 2.05) is 26.2 Å². The molecule has 1 N–H and O–H groups in total. The third kappa shape index (κ3) is 3.85. The molecule has 0 bridgehead atoms. The van der Waals surface area contributed by atoms with Crippen molar-refractivity contribution in [1.82, 2.24) is 14.9 Å². The summed E-state index contributed by atoms with van der Waals surface area (Å²) in [5, 5.41) is 3.45. The van der Waals surface area contributed by atoms with E-state index in [4.69, 9.17) is 4.74 Å². The molecule has 0 saturated carbocycles. The second-order valence-corrected chi connectivity index (χ2v) is 5.18. The Labute approximate surface area is 127 Å². The maximum atomic E-state index is 5.77. The van der Waals surface area contributed by atoms with Gasteiger partial charge in [0.25, 0.3) is 0 Å². The molecule has 0 saturated heterocycles. The number of nitrogens with one attached hydrogen (secondary N) is 1. The summed E-state index contributed by atoms with van der Waals surface area (Å²) in [5.74, 6) is 1.97. The molecule has 4 nitrogen and oxygen atoms in total. The predicted octanol–water partition coefficient (Wildman–Crippen LogP) is 3.31. The van der Waals surface area contributed by atoms with Gasteiger partial charge in [-0.25, -0.2) is 4.98 Å². The minimum absolute atomic E-state index is 0.341. The SMILES string of the molecule is CCNC(C)c1ccc(OCC)c(Cn2ccnc2C)c1. The van der Waals surface area contributed by atoms with E-state index >= 15 is 0 Å². The fourth-order valence-corrected chi connectivity index (χ4v) is 2.47. The molecule has 0 aliphatic carbocycles. The highest BCUT2D eigenvalue weighted by molar-refractivity contribution is 5.38. The van der Waals surface area contributed by atoms with Crippen molar-refractivity contribution >= 4 is 0 Å². The number of benzene rings is 1. The summed E-state index contributed by atoms with van der Waals surface area (Å²) in [4.78, 5) is 4.29.